The van der Waals surface area contributed by atoms with Crippen molar-refractivity contribution in [2.24, 2.45) is 0 Å². The number of alkyl halides is 1. The average Bonchev–Trinajstić information content (AvgIpc) is 2.47. The topological polar surface area (TPSA) is 9.23 Å². The molecule has 1 atom stereocenters. The normalized spacial score (nSPS) is 12.2. The Bertz CT molecular complexity index is 569. The molecular formula is C16H15Cl2FO. The molecule has 4 heteroatoms. The Labute approximate surface area is 128 Å². The van der Waals surface area contributed by atoms with E-state index in [1.807, 2.05) is 24.3 Å². The first-order valence-electron chi connectivity index (χ1n) is 6.28. The van der Waals surface area contributed by atoms with Gasteiger partial charge < -0.3 is 4.74 Å². The zero-order valence-electron chi connectivity index (χ0n) is 11.1. The van der Waals surface area contributed by atoms with Crippen LogP contribution in [0.15, 0.2) is 42.5 Å². The Kier molecular flexibility index (Phi) is 5.27. The van der Waals surface area contributed by atoms with E-state index in [2.05, 4.69) is 0 Å². The predicted octanol–water partition coefficient (Wildman–Crippen LogP) is 5.05. The van der Waals surface area contributed by atoms with E-state index in [-0.39, 0.29) is 17.5 Å². The van der Waals surface area contributed by atoms with Crippen molar-refractivity contribution < 1.29 is 9.13 Å². The zero-order chi connectivity index (χ0) is 14.5. The second-order valence-electron chi connectivity index (χ2n) is 4.54. The molecule has 1 unspecified atom stereocenters. The lowest BCUT2D eigenvalue weighted by atomic mass is 9.93. The van der Waals surface area contributed by atoms with Crippen molar-refractivity contribution in [1.29, 1.82) is 0 Å². The van der Waals surface area contributed by atoms with Gasteiger partial charge >= 0.3 is 0 Å². The molecule has 0 bridgehead atoms. The fraction of sp³-hybridized carbons (Fsp3) is 0.250. The van der Waals surface area contributed by atoms with Gasteiger partial charge in [0.1, 0.15) is 0 Å². The first-order chi connectivity index (χ1) is 9.65. The minimum absolute atomic E-state index is 0.0375. The van der Waals surface area contributed by atoms with Gasteiger partial charge in [-0.2, -0.15) is 0 Å². The summed E-state index contributed by atoms with van der Waals surface area (Å²) < 4.78 is 19.2. The van der Waals surface area contributed by atoms with Crippen LogP contribution in [0.1, 0.15) is 17.0 Å². The lowest BCUT2D eigenvalue weighted by Crippen LogP contribution is -2.06. The Morgan fingerprint density at radius 1 is 1.15 bits per heavy atom. The molecule has 0 fully saturated rings. The van der Waals surface area contributed by atoms with Gasteiger partial charge in [-0.15, -0.1) is 11.6 Å². The molecule has 2 rings (SSSR count). The second kappa shape index (κ2) is 6.96. The van der Waals surface area contributed by atoms with Gasteiger partial charge in [-0.05, 0) is 35.7 Å². The van der Waals surface area contributed by atoms with Gasteiger partial charge in [-0.1, -0.05) is 35.9 Å². The quantitative estimate of drug-likeness (QED) is 0.702. The van der Waals surface area contributed by atoms with Crippen LogP contribution >= 0.6 is 23.2 Å². The molecule has 0 aliphatic heterocycles. The number of methoxy groups -OCH3 is 1. The molecule has 0 heterocycles. The van der Waals surface area contributed by atoms with Crippen LogP contribution in [0.3, 0.4) is 0 Å². The van der Waals surface area contributed by atoms with Crippen molar-refractivity contribution in [2.75, 3.05) is 13.0 Å². The van der Waals surface area contributed by atoms with Gasteiger partial charge in [0.05, 0.1) is 7.11 Å². The van der Waals surface area contributed by atoms with E-state index in [9.17, 15) is 4.39 Å². The van der Waals surface area contributed by atoms with Gasteiger partial charge in [0.25, 0.3) is 0 Å². The van der Waals surface area contributed by atoms with Crippen molar-refractivity contribution in [2.45, 2.75) is 12.3 Å². The third-order valence-corrected chi connectivity index (χ3v) is 3.88. The SMILES string of the molecule is COc1cccc(CC(CCl)c2ccc(Cl)cc2)c1F. The molecule has 0 spiro atoms. The number of ether oxygens (including phenoxy) is 1. The molecule has 0 aliphatic carbocycles. The molecule has 0 saturated heterocycles. The van der Waals surface area contributed by atoms with E-state index in [1.165, 1.54) is 7.11 Å². The Balaban J connectivity index is 2.24. The third kappa shape index (κ3) is 3.44. The van der Waals surface area contributed by atoms with Gasteiger partial charge in [0.15, 0.2) is 11.6 Å². The maximum atomic E-state index is 14.2. The number of halogens is 3. The molecule has 2 aromatic rings. The van der Waals surface area contributed by atoms with Crippen LogP contribution in [-0.2, 0) is 6.42 Å². The lowest BCUT2D eigenvalue weighted by molar-refractivity contribution is 0.383. The molecular weight excluding hydrogens is 298 g/mol. The molecule has 0 aromatic heterocycles. The van der Waals surface area contributed by atoms with Crippen molar-refractivity contribution >= 4 is 23.2 Å². The molecule has 1 nitrogen and oxygen atoms in total. The van der Waals surface area contributed by atoms with Crippen LogP contribution in [-0.4, -0.2) is 13.0 Å². The molecule has 0 radical (unpaired) electrons. The summed E-state index contributed by atoms with van der Waals surface area (Å²) in [6.45, 7) is 0. The highest BCUT2D eigenvalue weighted by Crippen LogP contribution is 2.28. The molecule has 0 aliphatic rings. The lowest BCUT2D eigenvalue weighted by Gasteiger charge is -2.16. The van der Waals surface area contributed by atoms with Crippen molar-refractivity contribution in [3.63, 3.8) is 0 Å². The fourth-order valence-corrected chi connectivity index (χ4v) is 2.55. The summed E-state index contributed by atoms with van der Waals surface area (Å²) in [6.07, 6.45) is 0.522. The van der Waals surface area contributed by atoms with Gasteiger partial charge in [0.2, 0.25) is 0 Å². The predicted molar refractivity (Wildman–Crippen MR) is 81.6 cm³/mol. The zero-order valence-corrected chi connectivity index (χ0v) is 12.6. The number of rotatable bonds is 5. The van der Waals surface area contributed by atoms with E-state index < -0.39 is 0 Å². The van der Waals surface area contributed by atoms with Crippen LogP contribution in [0.2, 0.25) is 5.02 Å². The molecule has 20 heavy (non-hydrogen) atoms. The highest BCUT2D eigenvalue weighted by atomic mass is 35.5. The smallest absolute Gasteiger partial charge is 0.168 e. The molecule has 0 saturated carbocycles. The van der Waals surface area contributed by atoms with E-state index in [1.54, 1.807) is 18.2 Å². The van der Waals surface area contributed by atoms with Crippen molar-refractivity contribution in [1.82, 2.24) is 0 Å². The van der Waals surface area contributed by atoms with Crippen LogP contribution in [0.5, 0.6) is 5.75 Å². The number of benzene rings is 2. The molecule has 0 N–H and O–H groups in total. The van der Waals surface area contributed by atoms with Gasteiger partial charge in [-0.25, -0.2) is 4.39 Å². The van der Waals surface area contributed by atoms with Crippen LogP contribution in [0.4, 0.5) is 4.39 Å². The van der Waals surface area contributed by atoms with Crippen LogP contribution < -0.4 is 4.74 Å². The summed E-state index contributed by atoms with van der Waals surface area (Å²) in [5.41, 5.74) is 1.65. The van der Waals surface area contributed by atoms with E-state index in [4.69, 9.17) is 27.9 Å². The standard InChI is InChI=1S/C16H15Cl2FO/c1-20-15-4-2-3-12(16(15)19)9-13(10-17)11-5-7-14(18)8-6-11/h2-8,13H,9-10H2,1H3. The first kappa shape index (κ1) is 15.1. The summed E-state index contributed by atoms with van der Waals surface area (Å²) in [4.78, 5) is 0. The van der Waals surface area contributed by atoms with Crippen molar-refractivity contribution in [3.8, 4) is 5.75 Å². The highest BCUT2D eigenvalue weighted by Gasteiger charge is 2.16. The minimum atomic E-state index is -0.320. The third-order valence-electron chi connectivity index (χ3n) is 3.26. The number of hydrogen-bond donors (Lipinski definition) is 0. The van der Waals surface area contributed by atoms with E-state index in [0.29, 0.717) is 22.9 Å². The molecule has 2 aromatic carbocycles. The maximum absolute atomic E-state index is 14.2. The monoisotopic (exact) mass is 312 g/mol. The number of hydrogen-bond acceptors (Lipinski definition) is 1. The fourth-order valence-electron chi connectivity index (χ4n) is 2.13. The minimum Gasteiger partial charge on any atom is -0.494 e. The van der Waals surface area contributed by atoms with Gasteiger partial charge in [0, 0.05) is 16.8 Å². The summed E-state index contributed by atoms with van der Waals surface area (Å²) in [5, 5.41) is 0.676. The first-order valence-corrected chi connectivity index (χ1v) is 7.19. The summed E-state index contributed by atoms with van der Waals surface area (Å²) in [6, 6.07) is 12.6. The summed E-state index contributed by atoms with van der Waals surface area (Å²) in [5.74, 6) is 0.389. The molecule has 106 valence electrons. The summed E-state index contributed by atoms with van der Waals surface area (Å²) >= 11 is 11.9. The Morgan fingerprint density at radius 2 is 1.85 bits per heavy atom. The Hall–Kier alpha value is -1.25. The summed E-state index contributed by atoms with van der Waals surface area (Å²) in [7, 11) is 1.46. The second-order valence-corrected chi connectivity index (χ2v) is 5.29. The largest absolute Gasteiger partial charge is 0.494 e. The maximum Gasteiger partial charge on any atom is 0.168 e. The van der Waals surface area contributed by atoms with E-state index in [0.717, 1.165) is 5.56 Å². The molecule has 0 amide bonds. The van der Waals surface area contributed by atoms with Gasteiger partial charge in [-0.3, -0.25) is 0 Å². The highest BCUT2D eigenvalue weighted by molar-refractivity contribution is 6.30. The van der Waals surface area contributed by atoms with Crippen LogP contribution in [0.25, 0.3) is 0 Å². The van der Waals surface area contributed by atoms with E-state index >= 15 is 0 Å². The Morgan fingerprint density at radius 3 is 2.45 bits per heavy atom. The van der Waals surface area contributed by atoms with Crippen LogP contribution in [0, 0.1) is 5.82 Å². The average molecular weight is 313 g/mol. The van der Waals surface area contributed by atoms with Crippen molar-refractivity contribution in [3.05, 3.63) is 64.4 Å².